The van der Waals surface area contributed by atoms with Crippen LogP contribution in [0.1, 0.15) is 33.1 Å². The fourth-order valence-electron chi connectivity index (χ4n) is 0.701. The molecule has 0 radical (unpaired) electrons. The lowest BCUT2D eigenvalue weighted by atomic mass is 10.1. The Morgan fingerprint density at radius 3 is 2.45 bits per heavy atom. The number of rotatable bonds is 5. The van der Waals surface area contributed by atoms with E-state index in [9.17, 15) is 4.79 Å². The van der Waals surface area contributed by atoms with Crippen molar-refractivity contribution < 1.29 is 4.79 Å². The van der Waals surface area contributed by atoms with Gasteiger partial charge >= 0.3 is 0 Å². The van der Waals surface area contributed by atoms with Crippen molar-refractivity contribution in [1.82, 2.24) is 0 Å². The summed E-state index contributed by atoms with van der Waals surface area (Å²) in [6.45, 7) is 3.50. The quantitative estimate of drug-likeness (QED) is 0.323. The van der Waals surface area contributed by atoms with Crippen molar-refractivity contribution in [1.29, 1.82) is 0 Å². The Labute approximate surface area is 82.4 Å². The molecular formula is C9H15IO. The summed E-state index contributed by atoms with van der Waals surface area (Å²) in [5.74, 6) is 0.194. The van der Waals surface area contributed by atoms with Gasteiger partial charge in [0.25, 0.3) is 0 Å². The van der Waals surface area contributed by atoms with E-state index >= 15 is 0 Å². The molecule has 0 spiro atoms. The molecule has 0 aliphatic heterocycles. The van der Waals surface area contributed by atoms with Crippen LogP contribution in [-0.4, -0.2) is 10.2 Å². The third kappa shape index (κ3) is 6.53. The average Bonchev–Trinajstić information content (AvgIpc) is 1.97. The van der Waals surface area contributed by atoms with Crippen molar-refractivity contribution in [2.24, 2.45) is 0 Å². The molecule has 0 amide bonds. The first kappa shape index (κ1) is 11.1. The lowest BCUT2D eigenvalue weighted by Crippen LogP contribution is -1.90. The lowest BCUT2D eigenvalue weighted by molar-refractivity contribution is -0.113. The van der Waals surface area contributed by atoms with Gasteiger partial charge in [0.2, 0.25) is 0 Å². The number of carbonyl (C=O) groups is 1. The minimum Gasteiger partial charge on any atom is -0.295 e. The van der Waals surface area contributed by atoms with Gasteiger partial charge in [0.15, 0.2) is 5.78 Å². The van der Waals surface area contributed by atoms with E-state index in [4.69, 9.17) is 0 Å². The largest absolute Gasteiger partial charge is 0.295 e. The molecule has 64 valence electrons. The molecule has 0 atom stereocenters. The minimum absolute atomic E-state index is 0.194. The molecule has 0 fully saturated rings. The van der Waals surface area contributed by atoms with Gasteiger partial charge in [-0.25, -0.2) is 0 Å². The zero-order valence-electron chi connectivity index (χ0n) is 7.19. The first-order valence-corrected chi connectivity index (χ1v) is 5.44. The van der Waals surface area contributed by atoms with Gasteiger partial charge in [-0.3, -0.25) is 4.79 Å². The number of Topliss-reactive ketones (excluding diaryl/α,β-unsaturated/α-hetero) is 1. The summed E-state index contributed by atoms with van der Waals surface area (Å²) >= 11 is 2.37. The molecule has 0 aliphatic rings. The smallest absolute Gasteiger partial charge is 0.155 e. The second kappa shape index (κ2) is 6.83. The summed E-state index contributed by atoms with van der Waals surface area (Å²) < 4.78 is 1.21. The molecule has 0 unspecified atom stereocenters. The Hall–Kier alpha value is 0.140. The van der Waals surface area contributed by atoms with Gasteiger partial charge in [-0.15, -0.1) is 0 Å². The summed E-state index contributed by atoms with van der Waals surface area (Å²) in [6.07, 6.45) is 5.54. The fourth-order valence-corrected chi connectivity index (χ4v) is 1.24. The van der Waals surface area contributed by atoms with Gasteiger partial charge in [0.1, 0.15) is 0 Å². The molecule has 0 heterocycles. The molecule has 11 heavy (non-hydrogen) atoms. The maximum Gasteiger partial charge on any atom is 0.155 e. The van der Waals surface area contributed by atoms with Gasteiger partial charge in [-0.05, 0) is 43.1 Å². The zero-order valence-corrected chi connectivity index (χ0v) is 9.35. The van der Waals surface area contributed by atoms with Crippen molar-refractivity contribution in [2.45, 2.75) is 33.1 Å². The number of hydrogen-bond donors (Lipinski definition) is 0. The Balaban J connectivity index is 3.48. The van der Waals surface area contributed by atoms with Gasteiger partial charge in [0.05, 0.1) is 0 Å². The molecule has 0 aromatic carbocycles. The van der Waals surface area contributed by atoms with Gasteiger partial charge in [0, 0.05) is 0 Å². The van der Waals surface area contributed by atoms with E-state index in [0.717, 1.165) is 12.0 Å². The highest BCUT2D eigenvalue weighted by atomic mass is 127. The van der Waals surface area contributed by atoms with Gasteiger partial charge in [-0.2, -0.15) is 0 Å². The van der Waals surface area contributed by atoms with Gasteiger partial charge < -0.3 is 0 Å². The minimum atomic E-state index is 0.194. The average molecular weight is 266 g/mol. The summed E-state index contributed by atoms with van der Waals surface area (Å²) in [5.41, 5.74) is 0.901. The summed E-state index contributed by atoms with van der Waals surface area (Å²) in [5, 5.41) is 0. The van der Waals surface area contributed by atoms with Crippen LogP contribution in [0.15, 0.2) is 11.6 Å². The maximum atomic E-state index is 10.7. The second-order valence-corrected chi connectivity index (χ2v) is 3.71. The van der Waals surface area contributed by atoms with Crippen molar-refractivity contribution in [2.75, 3.05) is 4.43 Å². The maximum absolute atomic E-state index is 10.7. The summed E-state index contributed by atoms with van der Waals surface area (Å²) in [6, 6.07) is 0. The Bertz CT molecular complexity index is 150. The van der Waals surface area contributed by atoms with Crippen LogP contribution in [0, 0.1) is 0 Å². The topological polar surface area (TPSA) is 17.1 Å². The van der Waals surface area contributed by atoms with E-state index < -0.39 is 0 Å². The van der Waals surface area contributed by atoms with Crippen molar-refractivity contribution in [3.05, 3.63) is 11.6 Å². The van der Waals surface area contributed by atoms with Crippen molar-refractivity contribution in [3.63, 3.8) is 0 Å². The van der Waals surface area contributed by atoms with Crippen LogP contribution in [0.2, 0.25) is 0 Å². The Morgan fingerprint density at radius 1 is 1.36 bits per heavy atom. The molecule has 0 aromatic heterocycles. The van der Waals surface area contributed by atoms with Crippen LogP contribution in [0.4, 0.5) is 0 Å². The number of ketones is 1. The molecule has 0 saturated carbocycles. The van der Waals surface area contributed by atoms with Crippen LogP contribution in [0.3, 0.4) is 0 Å². The number of hydrogen-bond acceptors (Lipinski definition) is 1. The van der Waals surface area contributed by atoms with E-state index in [0.29, 0.717) is 0 Å². The Morgan fingerprint density at radius 2 is 2.00 bits per heavy atom. The van der Waals surface area contributed by atoms with Crippen molar-refractivity contribution >= 4 is 28.4 Å². The van der Waals surface area contributed by atoms with Crippen LogP contribution in [0.25, 0.3) is 0 Å². The van der Waals surface area contributed by atoms with E-state index in [-0.39, 0.29) is 5.78 Å². The summed E-state index contributed by atoms with van der Waals surface area (Å²) in [4.78, 5) is 10.7. The van der Waals surface area contributed by atoms with E-state index in [1.165, 1.54) is 17.3 Å². The van der Waals surface area contributed by atoms with Crippen molar-refractivity contribution in [3.8, 4) is 0 Å². The number of halogens is 1. The van der Waals surface area contributed by atoms with Crippen LogP contribution >= 0.6 is 22.6 Å². The molecular weight excluding hydrogens is 251 g/mol. The summed E-state index contributed by atoms with van der Waals surface area (Å²) in [7, 11) is 0. The fraction of sp³-hybridized carbons (Fsp3) is 0.667. The highest BCUT2D eigenvalue weighted by molar-refractivity contribution is 14.1. The zero-order chi connectivity index (χ0) is 8.69. The highest BCUT2D eigenvalue weighted by Gasteiger charge is 1.93. The van der Waals surface area contributed by atoms with E-state index in [1.54, 1.807) is 6.92 Å². The number of allylic oxidation sites excluding steroid dienone is 2. The highest BCUT2D eigenvalue weighted by Crippen LogP contribution is 2.03. The standard InChI is InChI=1S/C9H15IO/c1-8(9(2)11)6-4-3-5-7-10/h6H,3-5,7H2,1-2H3/b8-6+. The normalized spacial score (nSPS) is 11.7. The first-order valence-electron chi connectivity index (χ1n) is 3.92. The van der Waals surface area contributed by atoms with E-state index in [2.05, 4.69) is 22.6 Å². The number of alkyl halides is 1. The molecule has 0 N–H and O–H groups in total. The van der Waals surface area contributed by atoms with E-state index in [1.807, 2.05) is 13.0 Å². The van der Waals surface area contributed by atoms with Crippen LogP contribution < -0.4 is 0 Å². The molecule has 2 heteroatoms. The predicted octanol–water partition coefficient (Wildman–Crippen LogP) is 3.13. The molecule has 1 nitrogen and oxygen atoms in total. The molecule has 0 bridgehead atoms. The lowest BCUT2D eigenvalue weighted by Gasteiger charge is -1.94. The number of carbonyl (C=O) groups excluding carboxylic acids is 1. The molecule has 0 saturated heterocycles. The SMILES string of the molecule is CC(=O)/C(C)=C/CCCCI. The molecule has 0 aliphatic carbocycles. The number of unbranched alkanes of at least 4 members (excludes halogenated alkanes) is 2. The third-order valence-electron chi connectivity index (χ3n) is 1.59. The monoisotopic (exact) mass is 266 g/mol. The third-order valence-corrected chi connectivity index (χ3v) is 2.36. The van der Waals surface area contributed by atoms with Crippen LogP contribution in [0.5, 0.6) is 0 Å². The molecule has 0 aromatic rings. The predicted molar refractivity (Wildman–Crippen MR) is 57.2 cm³/mol. The van der Waals surface area contributed by atoms with Gasteiger partial charge in [-0.1, -0.05) is 28.7 Å². The second-order valence-electron chi connectivity index (χ2n) is 2.63. The molecule has 0 rings (SSSR count). The Kier molecular flexibility index (Phi) is 6.91. The van der Waals surface area contributed by atoms with Crippen LogP contribution in [-0.2, 0) is 4.79 Å². The first-order chi connectivity index (χ1) is 5.18.